The molecule has 0 unspecified atom stereocenters. The summed E-state index contributed by atoms with van der Waals surface area (Å²) < 4.78 is 14.9. The molecule has 2 aromatic heterocycles. The summed E-state index contributed by atoms with van der Waals surface area (Å²) in [5.41, 5.74) is 2.94. The summed E-state index contributed by atoms with van der Waals surface area (Å²) in [5.74, 6) is 0. The van der Waals surface area contributed by atoms with E-state index < -0.39 is 6.26 Å². The number of rotatable bonds is 2. The fourth-order valence-corrected chi connectivity index (χ4v) is 1.64. The SMILES string of the molecule is [2H]C(=C(Br)Br)c1ccc(C)nc1.[2H]C(=O)c1ccc(C)nc1. The average Bonchev–Trinajstić information content (AvgIpc) is 2.48. The third-order valence-electron chi connectivity index (χ3n) is 2.18. The summed E-state index contributed by atoms with van der Waals surface area (Å²) in [6.07, 6.45) is 2.40. The smallest absolute Gasteiger partial charge is 0.151 e. The van der Waals surface area contributed by atoms with Crippen LogP contribution in [0, 0.1) is 13.8 Å². The molecule has 0 bridgehead atoms. The summed E-state index contributed by atoms with van der Waals surface area (Å²) in [6, 6.07) is 7.46. The standard InChI is InChI=1S/C8H7Br2N.C7H7NO/c1-6-2-3-7(5-11-6)4-8(9)10;1-6-2-3-7(5-9)4-8-6/h2-5H,1H3;2-5H,1H3/i4D;5D. The third kappa shape index (κ3) is 6.73. The lowest BCUT2D eigenvalue weighted by molar-refractivity contribution is 0.112. The van der Waals surface area contributed by atoms with Crippen LogP contribution in [0.4, 0.5) is 0 Å². The van der Waals surface area contributed by atoms with Gasteiger partial charge in [-0.15, -0.1) is 0 Å². The van der Waals surface area contributed by atoms with Crippen LogP contribution in [0.3, 0.4) is 0 Å². The molecule has 0 aliphatic heterocycles. The van der Waals surface area contributed by atoms with Gasteiger partial charge in [-0.3, -0.25) is 14.8 Å². The van der Waals surface area contributed by atoms with Crippen LogP contribution >= 0.6 is 31.9 Å². The summed E-state index contributed by atoms with van der Waals surface area (Å²) >= 11 is 6.35. The van der Waals surface area contributed by atoms with Gasteiger partial charge >= 0.3 is 0 Å². The highest BCUT2D eigenvalue weighted by atomic mass is 79.9. The van der Waals surface area contributed by atoms with E-state index >= 15 is 0 Å². The molecule has 3 nitrogen and oxygen atoms in total. The highest BCUT2D eigenvalue weighted by Crippen LogP contribution is 2.17. The number of hydrogen-bond donors (Lipinski definition) is 0. The monoisotopic (exact) mass is 398 g/mol. The summed E-state index contributed by atoms with van der Waals surface area (Å²) in [7, 11) is 0. The van der Waals surface area contributed by atoms with Gasteiger partial charge in [-0.2, -0.15) is 0 Å². The predicted octanol–water partition coefficient (Wildman–Crippen LogP) is 4.68. The first-order chi connectivity index (χ1) is 10.3. The number of aromatic nitrogens is 2. The Hall–Kier alpha value is -1.33. The van der Waals surface area contributed by atoms with E-state index in [1.807, 2.05) is 26.0 Å². The van der Waals surface area contributed by atoms with Crippen LogP contribution in [0.1, 0.15) is 30.1 Å². The first kappa shape index (κ1) is 13.6. The lowest BCUT2D eigenvalue weighted by Crippen LogP contribution is -1.82. The minimum absolute atomic E-state index is 0.339. The number of carbonyl (C=O) groups is 1. The van der Waals surface area contributed by atoms with Gasteiger partial charge in [0, 0.05) is 29.3 Å². The first-order valence-electron chi connectivity index (χ1n) is 6.69. The van der Waals surface area contributed by atoms with Crippen molar-refractivity contribution in [1.82, 2.24) is 9.97 Å². The molecule has 0 fully saturated rings. The third-order valence-corrected chi connectivity index (χ3v) is 2.58. The molecule has 0 aromatic carbocycles. The highest BCUT2D eigenvalue weighted by molar-refractivity contribution is 9.28. The number of halogens is 2. The van der Waals surface area contributed by atoms with E-state index in [0.29, 0.717) is 15.0 Å². The van der Waals surface area contributed by atoms with E-state index in [1.165, 1.54) is 6.20 Å². The molecule has 5 heteroatoms. The maximum Gasteiger partial charge on any atom is 0.151 e. The van der Waals surface area contributed by atoms with Gasteiger partial charge in [0.25, 0.3) is 0 Å². The molecule has 0 spiro atoms. The minimum Gasteiger partial charge on any atom is -0.298 e. The fraction of sp³-hybridized carbons (Fsp3) is 0.133. The molecular formula is C15H14Br2N2O. The molecule has 104 valence electrons. The maximum atomic E-state index is 10.4. The number of pyridine rings is 2. The molecular weight excluding hydrogens is 384 g/mol. The molecule has 0 radical (unpaired) electrons. The molecule has 0 N–H and O–H groups in total. The summed E-state index contributed by atoms with van der Waals surface area (Å²) in [4.78, 5) is 18.3. The Bertz CT molecular complexity index is 667. The largest absolute Gasteiger partial charge is 0.298 e. The van der Waals surface area contributed by atoms with Crippen LogP contribution in [0.2, 0.25) is 0 Å². The maximum absolute atomic E-state index is 10.4. The van der Waals surface area contributed by atoms with Crippen LogP contribution in [0.15, 0.2) is 40.1 Å². The van der Waals surface area contributed by atoms with Gasteiger partial charge in [-0.25, -0.2) is 0 Å². The Labute approximate surface area is 138 Å². The second-order valence-corrected chi connectivity index (χ2v) is 6.51. The van der Waals surface area contributed by atoms with Crippen molar-refractivity contribution in [3.63, 3.8) is 0 Å². The lowest BCUT2D eigenvalue weighted by Gasteiger charge is -1.93. The molecule has 0 atom stereocenters. The fourth-order valence-electron chi connectivity index (χ4n) is 1.18. The zero-order valence-electron chi connectivity index (χ0n) is 13.0. The van der Waals surface area contributed by atoms with Gasteiger partial charge in [0.1, 0.15) is 1.37 Å². The topological polar surface area (TPSA) is 42.9 Å². The van der Waals surface area contributed by atoms with Crippen LogP contribution in [0.5, 0.6) is 0 Å². The van der Waals surface area contributed by atoms with E-state index in [-0.39, 0.29) is 0 Å². The predicted molar refractivity (Wildman–Crippen MR) is 89.2 cm³/mol. The Morgan fingerprint density at radius 1 is 1.05 bits per heavy atom. The highest BCUT2D eigenvalue weighted by Gasteiger charge is 1.89. The van der Waals surface area contributed by atoms with Gasteiger partial charge in [0.05, 0.1) is 4.76 Å². The molecule has 0 aliphatic rings. The van der Waals surface area contributed by atoms with Crippen LogP contribution in [-0.4, -0.2) is 16.2 Å². The summed E-state index contributed by atoms with van der Waals surface area (Å²) in [6.45, 7) is 3.75. The van der Waals surface area contributed by atoms with E-state index in [2.05, 4.69) is 41.8 Å². The van der Waals surface area contributed by atoms with Gasteiger partial charge in [-0.05, 0) is 75.5 Å². The Balaban J connectivity index is 0.000000224. The van der Waals surface area contributed by atoms with Crippen LogP contribution < -0.4 is 0 Å². The van der Waals surface area contributed by atoms with Gasteiger partial charge in [0.2, 0.25) is 0 Å². The number of aldehydes is 1. The van der Waals surface area contributed by atoms with Crippen molar-refractivity contribution in [2.45, 2.75) is 13.8 Å². The Morgan fingerprint density at radius 2 is 1.55 bits per heavy atom. The first-order valence-corrected chi connectivity index (χ1v) is 7.28. The number of hydrogen-bond acceptors (Lipinski definition) is 3. The zero-order chi connectivity index (χ0) is 16.7. The van der Waals surface area contributed by atoms with E-state index in [9.17, 15) is 4.79 Å². The van der Waals surface area contributed by atoms with E-state index in [0.717, 1.165) is 17.0 Å². The molecule has 0 saturated heterocycles. The number of aryl methyl sites for hydroxylation is 2. The molecule has 2 heterocycles. The molecule has 2 aromatic rings. The molecule has 0 aliphatic carbocycles. The van der Waals surface area contributed by atoms with Gasteiger partial charge in [0.15, 0.2) is 6.26 Å². The molecule has 0 amide bonds. The van der Waals surface area contributed by atoms with E-state index in [4.69, 9.17) is 2.74 Å². The second kappa shape index (κ2) is 8.76. The van der Waals surface area contributed by atoms with E-state index in [1.54, 1.807) is 18.3 Å². The molecule has 0 saturated carbocycles. The second-order valence-electron chi connectivity index (χ2n) is 3.86. The number of carbonyl (C=O) groups excluding carboxylic acids is 1. The molecule has 20 heavy (non-hydrogen) atoms. The van der Waals surface area contributed by atoms with Gasteiger partial charge in [-0.1, -0.05) is 6.07 Å². The lowest BCUT2D eigenvalue weighted by atomic mass is 10.2. The Morgan fingerprint density at radius 3 is 1.90 bits per heavy atom. The zero-order valence-corrected chi connectivity index (χ0v) is 14.2. The van der Waals surface area contributed by atoms with Crippen molar-refractivity contribution in [3.05, 3.63) is 62.6 Å². The van der Waals surface area contributed by atoms with Gasteiger partial charge < -0.3 is 0 Å². The van der Waals surface area contributed by atoms with Crippen molar-refractivity contribution >= 4 is 44.2 Å². The Kier molecular flexibility index (Phi) is 5.98. The van der Waals surface area contributed by atoms with Crippen LogP contribution in [0.25, 0.3) is 6.05 Å². The normalized spacial score (nSPS) is 10.6. The van der Waals surface area contributed by atoms with Crippen molar-refractivity contribution < 1.29 is 7.54 Å². The quantitative estimate of drug-likeness (QED) is 0.688. The minimum atomic E-state index is -0.688. The molecule has 2 rings (SSSR count). The van der Waals surface area contributed by atoms with Crippen molar-refractivity contribution in [1.29, 1.82) is 0 Å². The van der Waals surface area contributed by atoms with Crippen molar-refractivity contribution in [2.75, 3.05) is 0 Å². The summed E-state index contributed by atoms with van der Waals surface area (Å²) in [5, 5.41) is 0. The van der Waals surface area contributed by atoms with Crippen molar-refractivity contribution in [2.24, 2.45) is 0 Å². The average molecular weight is 400 g/mol. The van der Waals surface area contributed by atoms with Crippen LogP contribution in [-0.2, 0) is 0 Å². The number of nitrogens with zero attached hydrogens (tertiary/aromatic N) is 2. The van der Waals surface area contributed by atoms with Crippen molar-refractivity contribution in [3.8, 4) is 0 Å².